The lowest BCUT2D eigenvalue weighted by Crippen LogP contribution is -2.08. The van der Waals surface area contributed by atoms with Gasteiger partial charge in [0, 0.05) is 31.4 Å². The molecule has 5 nitrogen and oxygen atoms in total. The molecule has 4 N–H and O–H groups in total. The average Bonchev–Trinajstić information content (AvgIpc) is 2.51. The molecule has 0 unspecified atom stereocenters. The van der Waals surface area contributed by atoms with Crippen molar-refractivity contribution in [3.63, 3.8) is 0 Å². The number of hydrogen-bond acceptors (Lipinski definition) is 5. The summed E-state index contributed by atoms with van der Waals surface area (Å²) in [5.74, 6) is 0.472. The third-order valence-corrected chi connectivity index (χ3v) is 3.64. The summed E-state index contributed by atoms with van der Waals surface area (Å²) in [6.07, 6.45) is 0. The molecule has 0 radical (unpaired) electrons. The van der Waals surface area contributed by atoms with Crippen LogP contribution in [-0.4, -0.2) is 14.1 Å². The first-order valence-corrected chi connectivity index (χ1v) is 6.87. The molecule has 0 saturated carbocycles. The van der Waals surface area contributed by atoms with Gasteiger partial charge >= 0.3 is 0 Å². The van der Waals surface area contributed by atoms with E-state index in [0.717, 1.165) is 11.3 Å². The van der Waals surface area contributed by atoms with Gasteiger partial charge in [0.05, 0.1) is 16.8 Å². The van der Waals surface area contributed by atoms with E-state index in [-0.39, 0.29) is 42.6 Å². The standard InChI is InChI=1S/C17H17N3O2.3ClH/c1-20(2)11-5-3-10(4-6-11)15-9-14(21)12-7-8-13(18)16(19)17(12)22-15;;;/h3-9H,18-19H2,1-2H3;3*1H. The molecule has 0 atom stereocenters. The Balaban J connectivity index is 0.00000192. The smallest absolute Gasteiger partial charge is 0.193 e. The molecule has 0 saturated heterocycles. The minimum atomic E-state index is -0.139. The lowest BCUT2D eigenvalue weighted by atomic mass is 10.1. The summed E-state index contributed by atoms with van der Waals surface area (Å²) >= 11 is 0. The zero-order chi connectivity index (χ0) is 15.9. The van der Waals surface area contributed by atoms with Gasteiger partial charge < -0.3 is 20.8 Å². The largest absolute Gasteiger partial charge is 0.454 e. The SMILES string of the molecule is CN(C)c1ccc(-c2cc(=O)c3ccc(N)c(N)c3o2)cc1.Cl.Cl.Cl. The second-order valence-electron chi connectivity index (χ2n) is 5.36. The molecule has 136 valence electrons. The Morgan fingerprint density at radius 1 is 0.920 bits per heavy atom. The summed E-state index contributed by atoms with van der Waals surface area (Å²) < 4.78 is 5.82. The molecule has 0 bridgehead atoms. The van der Waals surface area contributed by atoms with Crippen molar-refractivity contribution in [3.8, 4) is 11.3 Å². The Bertz CT molecular complexity index is 909. The van der Waals surface area contributed by atoms with Crippen LogP contribution in [0.2, 0.25) is 0 Å². The van der Waals surface area contributed by atoms with Crippen LogP contribution in [0, 0.1) is 0 Å². The van der Waals surface area contributed by atoms with Crippen LogP contribution in [0.5, 0.6) is 0 Å². The van der Waals surface area contributed by atoms with Gasteiger partial charge in [-0.05, 0) is 36.4 Å². The molecule has 1 heterocycles. The number of rotatable bonds is 2. The quantitative estimate of drug-likeness (QED) is 0.632. The van der Waals surface area contributed by atoms with Crippen LogP contribution in [0.1, 0.15) is 0 Å². The second-order valence-corrected chi connectivity index (χ2v) is 5.36. The molecule has 0 amide bonds. The minimum absolute atomic E-state index is 0. The highest BCUT2D eigenvalue weighted by Gasteiger charge is 2.11. The number of nitrogens with two attached hydrogens (primary N) is 2. The van der Waals surface area contributed by atoms with Crippen LogP contribution in [0.3, 0.4) is 0 Å². The summed E-state index contributed by atoms with van der Waals surface area (Å²) in [4.78, 5) is 14.2. The van der Waals surface area contributed by atoms with E-state index >= 15 is 0 Å². The molecule has 3 aromatic rings. The minimum Gasteiger partial charge on any atom is -0.454 e. The van der Waals surface area contributed by atoms with Crippen molar-refractivity contribution in [1.29, 1.82) is 0 Å². The fraction of sp³-hybridized carbons (Fsp3) is 0.118. The van der Waals surface area contributed by atoms with E-state index in [1.54, 1.807) is 12.1 Å². The van der Waals surface area contributed by atoms with Crippen LogP contribution in [-0.2, 0) is 0 Å². The third-order valence-electron chi connectivity index (χ3n) is 3.64. The Hall–Kier alpha value is -2.08. The lowest BCUT2D eigenvalue weighted by molar-refractivity contribution is 0.620. The van der Waals surface area contributed by atoms with Crippen molar-refractivity contribution in [2.75, 3.05) is 30.5 Å². The Labute approximate surface area is 164 Å². The van der Waals surface area contributed by atoms with Gasteiger partial charge in [-0.3, -0.25) is 4.79 Å². The van der Waals surface area contributed by atoms with Crippen molar-refractivity contribution in [1.82, 2.24) is 0 Å². The van der Waals surface area contributed by atoms with Gasteiger partial charge in [-0.15, -0.1) is 37.2 Å². The maximum atomic E-state index is 12.2. The number of fused-ring (bicyclic) bond motifs is 1. The van der Waals surface area contributed by atoms with Gasteiger partial charge in [-0.25, -0.2) is 0 Å². The lowest BCUT2D eigenvalue weighted by Gasteiger charge is -2.12. The predicted octanol–water partition coefficient (Wildman–Crippen LogP) is 3.96. The zero-order valence-electron chi connectivity index (χ0n) is 13.7. The van der Waals surface area contributed by atoms with Gasteiger partial charge in [-0.1, -0.05) is 0 Å². The molecule has 2 aromatic carbocycles. The molecule has 0 fully saturated rings. The molecule has 25 heavy (non-hydrogen) atoms. The maximum Gasteiger partial charge on any atom is 0.193 e. The van der Waals surface area contributed by atoms with E-state index in [1.807, 2.05) is 43.3 Å². The first-order valence-electron chi connectivity index (χ1n) is 6.87. The third kappa shape index (κ3) is 4.31. The summed E-state index contributed by atoms with van der Waals surface area (Å²) in [5.41, 5.74) is 14.5. The van der Waals surface area contributed by atoms with Crippen LogP contribution >= 0.6 is 37.2 Å². The Morgan fingerprint density at radius 3 is 2.08 bits per heavy atom. The Kier molecular flexibility index (Phi) is 8.12. The van der Waals surface area contributed by atoms with E-state index < -0.39 is 0 Å². The molecular weight excluding hydrogens is 385 g/mol. The van der Waals surface area contributed by atoms with Crippen LogP contribution in [0.25, 0.3) is 22.3 Å². The van der Waals surface area contributed by atoms with Crippen molar-refractivity contribution in [2.24, 2.45) is 0 Å². The number of hydrogen-bond donors (Lipinski definition) is 2. The number of nitrogen functional groups attached to an aromatic ring is 2. The van der Waals surface area contributed by atoms with Gasteiger partial charge in [-0.2, -0.15) is 0 Å². The normalized spacial score (nSPS) is 9.52. The monoisotopic (exact) mass is 403 g/mol. The van der Waals surface area contributed by atoms with Crippen LogP contribution < -0.4 is 21.8 Å². The maximum absolute atomic E-state index is 12.2. The fourth-order valence-corrected chi connectivity index (χ4v) is 2.32. The van der Waals surface area contributed by atoms with E-state index in [0.29, 0.717) is 28.1 Å². The van der Waals surface area contributed by atoms with Crippen molar-refractivity contribution in [3.05, 3.63) is 52.7 Å². The fourth-order valence-electron chi connectivity index (χ4n) is 2.32. The molecule has 1 aromatic heterocycles. The molecule has 0 aliphatic carbocycles. The van der Waals surface area contributed by atoms with Gasteiger partial charge in [0.1, 0.15) is 5.76 Å². The van der Waals surface area contributed by atoms with E-state index in [2.05, 4.69) is 0 Å². The van der Waals surface area contributed by atoms with Gasteiger partial charge in [0.25, 0.3) is 0 Å². The molecule has 0 aliphatic rings. The molecule has 3 rings (SSSR count). The van der Waals surface area contributed by atoms with Gasteiger partial charge in [0.15, 0.2) is 11.0 Å². The molecule has 0 aliphatic heterocycles. The topological polar surface area (TPSA) is 85.5 Å². The van der Waals surface area contributed by atoms with Crippen LogP contribution in [0.15, 0.2) is 51.7 Å². The number of anilines is 3. The zero-order valence-corrected chi connectivity index (χ0v) is 16.1. The molecule has 0 spiro atoms. The summed E-state index contributed by atoms with van der Waals surface area (Å²) in [7, 11) is 3.93. The highest BCUT2D eigenvalue weighted by Crippen LogP contribution is 2.29. The van der Waals surface area contributed by atoms with Crippen LogP contribution in [0.4, 0.5) is 17.1 Å². The molecule has 8 heteroatoms. The average molecular weight is 405 g/mol. The van der Waals surface area contributed by atoms with E-state index in [4.69, 9.17) is 15.9 Å². The summed E-state index contributed by atoms with van der Waals surface area (Å²) in [5, 5.41) is 0.431. The highest BCUT2D eigenvalue weighted by atomic mass is 35.5. The van der Waals surface area contributed by atoms with Gasteiger partial charge in [0.2, 0.25) is 0 Å². The van der Waals surface area contributed by atoms with E-state index in [9.17, 15) is 4.79 Å². The second kappa shape index (κ2) is 8.85. The van der Waals surface area contributed by atoms with Crippen molar-refractivity contribution in [2.45, 2.75) is 0 Å². The first kappa shape index (κ1) is 22.9. The highest BCUT2D eigenvalue weighted by molar-refractivity contribution is 5.94. The number of benzene rings is 2. The number of nitrogens with zero attached hydrogens (tertiary/aromatic N) is 1. The first-order chi connectivity index (χ1) is 10.5. The predicted molar refractivity (Wildman–Crippen MR) is 113 cm³/mol. The molecular formula is C17H20Cl3N3O2. The Morgan fingerprint density at radius 2 is 1.52 bits per heavy atom. The number of halogens is 3. The van der Waals surface area contributed by atoms with E-state index in [1.165, 1.54) is 6.07 Å². The summed E-state index contributed by atoms with van der Waals surface area (Å²) in [6.45, 7) is 0. The van der Waals surface area contributed by atoms with Crippen molar-refractivity contribution < 1.29 is 4.42 Å². The van der Waals surface area contributed by atoms with Crippen molar-refractivity contribution >= 4 is 65.3 Å². The summed E-state index contributed by atoms with van der Waals surface area (Å²) in [6, 6.07) is 12.4.